The van der Waals surface area contributed by atoms with Gasteiger partial charge in [0.2, 0.25) is 0 Å². The standard InChI is InChI=1S/C15H27N3O3/c1-15(2,3)21-14(19)16-9-7-8-13(12-20-4)17-18-10-5-6-11-18/h5-6,10-11,13,17H,7-9,12H2,1-4H3,(H,16,19). The molecular formula is C15H27N3O3. The van der Waals surface area contributed by atoms with Crippen molar-refractivity contribution >= 4 is 6.09 Å². The third-order valence-corrected chi connectivity index (χ3v) is 2.70. The van der Waals surface area contributed by atoms with Gasteiger partial charge in [-0.2, -0.15) is 0 Å². The van der Waals surface area contributed by atoms with Gasteiger partial charge in [-0.05, 0) is 45.7 Å². The smallest absolute Gasteiger partial charge is 0.407 e. The van der Waals surface area contributed by atoms with Crippen molar-refractivity contribution in [3.8, 4) is 0 Å². The summed E-state index contributed by atoms with van der Waals surface area (Å²) in [5, 5.41) is 2.76. The Hall–Kier alpha value is -1.69. The molecule has 0 bridgehead atoms. The largest absolute Gasteiger partial charge is 0.444 e. The van der Waals surface area contributed by atoms with Crippen LogP contribution in [0.3, 0.4) is 0 Å². The van der Waals surface area contributed by atoms with Gasteiger partial charge in [-0.3, -0.25) is 4.68 Å². The fourth-order valence-electron chi connectivity index (χ4n) is 1.87. The van der Waals surface area contributed by atoms with E-state index in [1.54, 1.807) is 7.11 Å². The molecule has 1 heterocycles. The van der Waals surface area contributed by atoms with Crippen LogP contribution in [0.4, 0.5) is 4.79 Å². The highest BCUT2D eigenvalue weighted by Crippen LogP contribution is 2.06. The Morgan fingerprint density at radius 2 is 1.95 bits per heavy atom. The number of nitrogens with zero attached hydrogens (tertiary/aromatic N) is 1. The van der Waals surface area contributed by atoms with E-state index in [1.807, 2.05) is 50.0 Å². The number of nitrogens with one attached hydrogen (secondary N) is 2. The average Bonchev–Trinajstić information content (AvgIpc) is 2.85. The Bertz CT molecular complexity index is 399. The average molecular weight is 297 g/mol. The first kappa shape index (κ1) is 17.4. The Morgan fingerprint density at radius 3 is 2.52 bits per heavy atom. The lowest BCUT2D eigenvalue weighted by molar-refractivity contribution is 0.0526. The minimum atomic E-state index is -0.460. The van der Waals surface area contributed by atoms with Crippen molar-refractivity contribution in [1.82, 2.24) is 9.99 Å². The highest BCUT2D eigenvalue weighted by molar-refractivity contribution is 5.67. The van der Waals surface area contributed by atoms with E-state index in [0.29, 0.717) is 13.2 Å². The lowest BCUT2D eigenvalue weighted by Crippen LogP contribution is -2.35. The molecule has 0 fully saturated rings. The quantitative estimate of drug-likeness (QED) is 0.723. The number of hydrogen-bond donors (Lipinski definition) is 2. The molecule has 0 aliphatic heterocycles. The number of carbonyl (C=O) groups excluding carboxylic acids is 1. The first-order chi connectivity index (χ1) is 9.90. The molecule has 1 rings (SSSR count). The number of amides is 1. The second kappa shape index (κ2) is 8.56. The van der Waals surface area contributed by atoms with Gasteiger partial charge in [-0.25, -0.2) is 4.79 Å². The summed E-state index contributed by atoms with van der Waals surface area (Å²) in [6.07, 6.45) is 5.26. The fraction of sp³-hybridized carbons (Fsp3) is 0.667. The van der Waals surface area contributed by atoms with Crippen LogP contribution in [-0.4, -0.2) is 42.7 Å². The maximum atomic E-state index is 11.5. The van der Waals surface area contributed by atoms with Crippen LogP contribution in [0.5, 0.6) is 0 Å². The lowest BCUT2D eigenvalue weighted by Gasteiger charge is -2.21. The van der Waals surface area contributed by atoms with E-state index in [9.17, 15) is 4.79 Å². The number of ether oxygens (including phenoxy) is 2. The second-order valence-electron chi connectivity index (χ2n) is 5.94. The molecule has 0 spiro atoms. The molecule has 0 aliphatic carbocycles. The number of rotatable bonds is 8. The summed E-state index contributed by atoms with van der Waals surface area (Å²) in [5.74, 6) is 0. The maximum Gasteiger partial charge on any atom is 0.407 e. The summed E-state index contributed by atoms with van der Waals surface area (Å²) in [6.45, 7) is 6.75. The minimum absolute atomic E-state index is 0.197. The second-order valence-corrected chi connectivity index (χ2v) is 5.94. The van der Waals surface area contributed by atoms with Gasteiger partial charge in [-0.1, -0.05) is 0 Å². The molecule has 0 aliphatic rings. The maximum absolute atomic E-state index is 11.5. The van der Waals surface area contributed by atoms with Crippen LogP contribution in [0.1, 0.15) is 33.6 Å². The third kappa shape index (κ3) is 8.24. The summed E-state index contributed by atoms with van der Waals surface area (Å²) < 4.78 is 12.3. The van der Waals surface area contributed by atoms with Gasteiger partial charge < -0.3 is 20.2 Å². The van der Waals surface area contributed by atoms with E-state index < -0.39 is 5.60 Å². The first-order valence-electron chi connectivity index (χ1n) is 7.26. The molecule has 0 radical (unpaired) electrons. The van der Waals surface area contributed by atoms with Gasteiger partial charge in [0.1, 0.15) is 5.60 Å². The Balaban J connectivity index is 2.23. The SMILES string of the molecule is COCC(CCCNC(=O)OC(C)(C)C)Nn1cccc1. The van der Waals surface area contributed by atoms with Crippen molar-refractivity contribution in [2.45, 2.75) is 45.3 Å². The van der Waals surface area contributed by atoms with Crippen LogP contribution in [0.2, 0.25) is 0 Å². The van der Waals surface area contributed by atoms with Gasteiger partial charge in [0.25, 0.3) is 0 Å². The van der Waals surface area contributed by atoms with Crippen LogP contribution in [0.15, 0.2) is 24.5 Å². The number of alkyl carbamates (subject to hydrolysis) is 1. The molecular weight excluding hydrogens is 270 g/mol. The van der Waals surface area contributed by atoms with Gasteiger partial charge in [0.15, 0.2) is 0 Å². The van der Waals surface area contributed by atoms with Crippen LogP contribution in [-0.2, 0) is 9.47 Å². The van der Waals surface area contributed by atoms with E-state index in [1.165, 1.54) is 0 Å². The van der Waals surface area contributed by atoms with Crippen molar-refractivity contribution in [2.75, 3.05) is 25.7 Å². The summed E-state index contributed by atoms with van der Waals surface area (Å²) in [6, 6.07) is 4.12. The van der Waals surface area contributed by atoms with E-state index >= 15 is 0 Å². The molecule has 1 unspecified atom stereocenters. The number of aromatic nitrogens is 1. The summed E-state index contributed by atoms with van der Waals surface area (Å²) in [5.41, 5.74) is 2.87. The van der Waals surface area contributed by atoms with Crippen LogP contribution < -0.4 is 10.7 Å². The summed E-state index contributed by atoms with van der Waals surface area (Å²) >= 11 is 0. The predicted molar refractivity (Wildman–Crippen MR) is 82.9 cm³/mol. The van der Waals surface area contributed by atoms with E-state index in [-0.39, 0.29) is 12.1 Å². The van der Waals surface area contributed by atoms with Crippen LogP contribution >= 0.6 is 0 Å². The van der Waals surface area contributed by atoms with Gasteiger partial charge in [-0.15, -0.1) is 0 Å². The Morgan fingerprint density at radius 1 is 1.29 bits per heavy atom. The fourth-order valence-corrected chi connectivity index (χ4v) is 1.87. The predicted octanol–water partition coefficient (Wildman–Crippen LogP) is 2.35. The molecule has 120 valence electrons. The molecule has 6 nitrogen and oxygen atoms in total. The summed E-state index contributed by atoms with van der Waals surface area (Å²) in [4.78, 5) is 11.5. The van der Waals surface area contributed by atoms with Crippen LogP contribution in [0.25, 0.3) is 0 Å². The Kier molecular flexibility index (Phi) is 7.08. The normalized spacial score (nSPS) is 12.8. The zero-order valence-corrected chi connectivity index (χ0v) is 13.4. The monoisotopic (exact) mass is 297 g/mol. The molecule has 0 aromatic carbocycles. The van der Waals surface area contributed by atoms with Crippen molar-refractivity contribution in [3.05, 3.63) is 24.5 Å². The molecule has 1 aromatic heterocycles. The number of hydrogen-bond acceptors (Lipinski definition) is 4. The number of methoxy groups -OCH3 is 1. The van der Waals surface area contributed by atoms with E-state index in [0.717, 1.165) is 12.8 Å². The minimum Gasteiger partial charge on any atom is -0.444 e. The molecule has 6 heteroatoms. The van der Waals surface area contributed by atoms with Crippen molar-refractivity contribution in [2.24, 2.45) is 0 Å². The van der Waals surface area contributed by atoms with Crippen LogP contribution in [0, 0.1) is 0 Å². The lowest BCUT2D eigenvalue weighted by atomic mass is 10.2. The van der Waals surface area contributed by atoms with Crippen molar-refractivity contribution in [3.63, 3.8) is 0 Å². The van der Waals surface area contributed by atoms with Gasteiger partial charge >= 0.3 is 6.09 Å². The van der Waals surface area contributed by atoms with Gasteiger partial charge in [0.05, 0.1) is 12.6 Å². The third-order valence-electron chi connectivity index (χ3n) is 2.70. The Labute approximate surface area is 126 Å². The first-order valence-corrected chi connectivity index (χ1v) is 7.26. The van der Waals surface area contributed by atoms with E-state index in [4.69, 9.17) is 9.47 Å². The molecule has 2 N–H and O–H groups in total. The molecule has 0 saturated carbocycles. The molecule has 1 aromatic rings. The molecule has 21 heavy (non-hydrogen) atoms. The highest BCUT2D eigenvalue weighted by Gasteiger charge is 2.15. The molecule has 0 saturated heterocycles. The van der Waals surface area contributed by atoms with E-state index in [2.05, 4.69) is 10.7 Å². The zero-order valence-electron chi connectivity index (χ0n) is 13.4. The van der Waals surface area contributed by atoms with Gasteiger partial charge in [0, 0.05) is 26.0 Å². The number of carbonyl (C=O) groups is 1. The molecule has 1 atom stereocenters. The highest BCUT2D eigenvalue weighted by atomic mass is 16.6. The van der Waals surface area contributed by atoms with Crippen molar-refractivity contribution in [1.29, 1.82) is 0 Å². The topological polar surface area (TPSA) is 64.5 Å². The molecule has 1 amide bonds. The zero-order chi connectivity index (χ0) is 15.7. The van der Waals surface area contributed by atoms with Crippen molar-refractivity contribution < 1.29 is 14.3 Å². The summed E-state index contributed by atoms with van der Waals surface area (Å²) in [7, 11) is 1.68.